The summed E-state index contributed by atoms with van der Waals surface area (Å²) in [6, 6.07) is 7.51. The Morgan fingerprint density at radius 1 is 1.47 bits per heavy atom. The van der Waals surface area contributed by atoms with Crippen LogP contribution in [0.25, 0.3) is 6.08 Å². The minimum Gasteiger partial charge on any atom is -0.324 e. The number of amides is 2. The molecule has 19 heavy (non-hydrogen) atoms. The van der Waals surface area contributed by atoms with Gasteiger partial charge in [-0.05, 0) is 36.5 Å². The number of likely N-dealkylation sites (tertiary alicyclic amines) is 1. The first-order chi connectivity index (χ1) is 9.16. The minimum atomic E-state index is -0.0325. The summed E-state index contributed by atoms with van der Waals surface area (Å²) in [6.07, 6.45) is 5.76. The van der Waals surface area contributed by atoms with Crippen molar-refractivity contribution in [1.29, 1.82) is 0 Å². The second-order valence-corrected chi connectivity index (χ2v) is 5.40. The molecule has 1 unspecified atom stereocenters. The Bertz CT molecular complexity index is 473. The number of nitrogens with one attached hydrogen (secondary N) is 1. The van der Waals surface area contributed by atoms with Crippen molar-refractivity contribution in [1.82, 2.24) is 10.2 Å². The third-order valence-corrected chi connectivity index (χ3v) is 3.66. The molecule has 1 saturated heterocycles. The zero-order valence-corrected chi connectivity index (χ0v) is 11.9. The minimum absolute atomic E-state index is 0.0325. The highest BCUT2D eigenvalue weighted by Gasteiger charge is 2.19. The fraction of sp³-hybridized carbons (Fsp3) is 0.400. The van der Waals surface area contributed by atoms with Crippen LogP contribution in [0.15, 0.2) is 30.5 Å². The van der Waals surface area contributed by atoms with E-state index in [9.17, 15) is 4.79 Å². The molecule has 1 atom stereocenters. The Morgan fingerprint density at radius 2 is 2.26 bits per heavy atom. The Balaban J connectivity index is 1.88. The van der Waals surface area contributed by atoms with Gasteiger partial charge in [-0.1, -0.05) is 36.7 Å². The lowest BCUT2D eigenvalue weighted by atomic mass is 10.0. The first-order valence-electron chi connectivity index (χ1n) is 6.63. The van der Waals surface area contributed by atoms with Crippen molar-refractivity contribution >= 4 is 23.7 Å². The van der Waals surface area contributed by atoms with Crippen molar-refractivity contribution in [2.24, 2.45) is 5.92 Å². The molecule has 0 aliphatic carbocycles. The van der Waals surface area contributed by atoms with Gasteiger partial charge in [0.05, 0.1) is 0 Å². The molecule has 0 radical (unpaired) electrons. The molecule has 1 heterocycles. The number of carbonyl (C=O) groups is 1. The van der Waals surface area contributed by atoms with E-state index < -0.39 is 0 Å². The molecule has 4 heteroatoms. The van der Waals surface area contributed by atoms with Crippen LogP contribution in [0.4, 0.5) is 4.79 Å². The summed E-state index contributed by atoms with van der Waals surface area (Å²) in [5.41, 5.74) is 0.900. The molecule has 1 aromatic carbocycles. The van der Waals surface area contributed by atoms with Gasteiger partial charge in [0.25, 0.3) is 0 Å². The van der Waals surface area contributed by atoms with Gasteiger partial charge in [-0.2, -0.15) is 0 Å². The molecule has 0 saturated carbocycles. The number of nitrogens with zero attached hydrogens (tertiary/aromatic N) is 1. The monoisotopic (exact) mass is 278 g/mol. The van der Waals surface area contributed by atoms with Gasteiger partial charge in [-0.3, -0.25) is 0 Å². The summed E-state index contributed by atoms with van der Waals surface area (Å²) >= 11 is 6.03. The summed E-state index contributed by atoms with van der Waals surface area (Å²) in [5.74, 6) is 0.590. The maximum absolute atomic E-state index is 11.9. The van der Waals surface area contributed by atoms with Crippen molar-refractivity contribution in [2.75, 3.05) is 13.1 Å². The van der Waals surface area contributed by atoms with Crippen molar-refractivity contribution < 1.29 is 4.79 Å². The van der Waals surface area contributed by atoms with E-state index in [1.54, 1.807) is 6.20 Å². The third-order valence-electron chi connectivity index (χ3n) is 3.32. The van der Waals surface area contributed by atoms with Gasteiger partial charge in [-0.15, -0.1) is 0 Å². The van der Waals surface area contributed by atoms with Crippen molar-refractivity contribution in [3.8, 4) is 0 Å². The smallest absolute Gasteiger partial charge is 0.321 e. The number of hydrogen-bond acceptors (Lipinski definition) is 1. The van der Waals surface area contributed by atoms with Gasteiger partial charge in [0.2, 0.25) is 0 Å². The molecule has 102 valence electrons. The third kappa shape index (κ3) is 4.00. The summed E-state index contributed by atoms with van der Waals surface area (Å²) in [4.78, 5) is 13.8. The molecule has 1 N–H and O–H groups in total. The Morgan fingerprint density at radius 3 is 3.00 bits per heavy atom. The summed E-state index contributed by atoms with van der Waals surface area (Å²) in [6.45, 7) is 3.86. The number of benzene rings is 1. The predicted octanol–water partition coefficient (Wildman–Crippen LogP) is 3.75. The van der Waals surface area contributed by atoms with E-state index >= 15 is 0 Å². The Labute approximate surface area is 119 Å². The van der Waals surface area contributed by atoms with Gasteiger partial charge in [-0.25, -0.2) is 4.79 Å². The fourth-order valence-corrected chi connectivity index (χ4v) is 2.48. The average Bonchev–Trinajstić information content (AvgIpc) is 2.41. The lowest BCUT2D eigenvalue weighted by Gasteiger charge is -2.30. The van der Waals surface area contributed by atoms with Crippen LogP contribution < -0.4 is 5.32 Å². The van der Waals surface area contributed by atoms with Crippen LogP contribution in [-0.2, 0) is 0 Å². The van der Waals surface area contributed by atoms with E-state index in [4.69, 9.17) is 11.6 Å². The predicted molar refractivity (Wildman–Crippen MR) is 79.0 cm³/mol. The topological polar surface area (TPSA) is 32.3 Å². The summed E-state index contributed by atoms with van der Waals surface area (Å²) in [7, 11) is 0. The summed E-state index contributed by atoms with van der Waals surface area (Å²) in [5, 5.41) is 3.48. The number of rotatable bonds is 2. The second kappa shape index (κ2) is 6.62. The second-order valence-electron chi connectivity index (χ2n) is 5.00. The first kappa shape index (κ1) is 13.9. The van der Waals surface area contributed by atoms with Crippen LogP contribution in [0.2, 0.25) is 5.02 Å². The van der Waals surface area contributed by atoms with Crippen molar-refractivity contribution in [2.45, 2.75) is 19.8 Å². The molecule has 0 bridgehead atoms. The van der Waals surface area contributed by atoms with Gasteiger partial charge >= 0.3 is 6.03 Å². The fourth-order valence-electron chi connectivity index (χ4n) is 2.28. The molecule has 1 fully saturated rings. The van der Waals surface area contributed by atoms with E-state index in [1.807, 2.05) is 35.2 Å². The average molecular weight is 279 g/mol. The maximum atomic E-state index is 11.9. The highest BCUT2D eigenvalue weighted by molar-refractivity contribution is 6.32. The van der Waals surface area contributed by atoms with Gasteiger partial charge in [0, 0.05) is 24.3 Å². The zero-order chi connectivity index (χ0) is 13.7. The maximum Gasteiger partial charge on any atom is 0.321 e. The molecule has 0 aromatic heterocycles. The normalized spacial score (nSPS) is 19.7. The van der Waals surface area contributed by atoms with Crippen LogP contribution in [0.3, 0.4) is 0 Å². The number of halogens is 1. The lowest BCUT2D eigenvalue weighted by Crippen LogP contribution is -2.43. The largest absolute Gasteiger partial charge is 0.324 e. The van der Waals surface area contributed by atoms with Gasteiger partial charge in [0.1, 0.15) is 0 Å². The van der Waals surface area contributed by atoms with Gasteiger partial charge in [0.15, 0.2) is 0 Å². The molecule has 2 amide bonds. The quantitative estimate of drug-likeness (QED) is 0.878. The van der Waals surface area contributed by atoms with Crippen LogP contribution in [-0.4, -0.2) is 24.0 Å². The molecular weight excluding hydrogens is 260 g/mol. The van der Waals surface area contributed by atoms with E-state index in [1.165, 1.54) is 6.42 Å². The highest BCUT2D eigenvalue weighted by atomic mass is 35.5. The SMILES string of the molecule is CC1CCCN(C(=O)N/C=C/c2ccccc2Cl)C1. The zero-order valence-electron chi connectivity index (χ0n) is 11.1. The van der Waals surface area contributed by atoms with E-state index in [0.29, 0.717) is 10.9 Å². The molecule has 0 spiro atoms. The first-order valence-corrected chi connectivity index (χ1v) is 7.01. The van der Waals surface area contributed by atoms with E-state index in [-0.39, 0.29) is 6.03 Å². The number of hydrogen-bond donors (Lipinski definition) is 1. The van der Waals surface area contributed by atoms with Crippen LogP contribution in [0.1, 0.15) is 25.3 Å². The number of carbonyl (C=O) groups excluding carboxylic acids is 1. The highest BCUT2D eigenvalue weighted by Crippen LogP contribution is 2.17. The number of piperidine rings is 1. The Hall–Kier alpha value is -1.48. The number of urea groups is 1. The molecule has 1 aromatic rings. The molecule has 1 aliphatic rings. The Kier molecular flexibility index (Phi) is 4.86. The van der Waals surface area contributed by atoms with Crippen LogP contribution >= 0.6 is 11.6 Å². The molecule has 1 aliphatic heterocycles. The van der Waals surface area contributed by atoms with Crippen LogP contribution in [0, 0.1) is 5.92 Å². The van der Waals surface area contributed by atoms with Crippen molar-refractivity contribution in [3.63, 3.8) is 0 Å². The lowest BCUT2D eigenvalue weighted by molar-refractivity contribution is 0.173. The standard InChI is InChI=1S/C15H19ClN2O/c1-12-5-4-10-18(11-12)15(19)17-9-8-13-6-2-3-7-14(13)16/h2-3,6-9,12H,4-5,10-11H2,1H3,(H,17,19)/b9-8+. The van der Waals surface area contributed by atoms with E-state index in [0.717, 1.165) is 25.1 Å². The molecule has 2 rings (SSSR count). The van der Waals surface area contributed by atoms with E-state index in [2.05, 4.69) is 12.2 Å². The van der Waals surface area contributed by atoms with Crippen LogP contribution in [0.5, 0.6) is 0 Å². The summed E-state index contributed by atoms with van der Waals surface area (Å²) < 4.78 is 0. The molecular formula is C15H19ClN2O. The molecule has 3 nitrogen and oxygen atoms in total. The van der Waals surface area contributed by atoms with Gasteiger partial charge < -0.3 is 10.2 Å². The van der Waals surface area contributed by atoms with Crippen molar-refractivity contribution in [3.05, 3.63) is 41.1 Å².